The van der Waals surface area contributed by atoms with Crippen molar-refractivity contribution >= 4 is 52.8 Å². The average molecular weight is 461 g/mol. The molecule has 0 aliphatic carbocycles. The normalized spacial score (nSPS) is 13.1. The van der Waals surface area contributed by atoms with Crippen LogP contribution in [0, 0.1) is 0 Å². The van der Waals surface area contributed by atoms with Crippen molar-refractivity contribution in [3.63, 3.8) is 0 Å². The maximum Gasteiger partial charge on any atom is 0.509 e. The highest BCUT2D eigenvalue weighted by molar-refractivity contribution is 6.67. The standard InChI is InChI=1S/C19H16Cl3NO6/c20-19(21,22)11-28-18(27)29-15(17(25)26)14(12-7-3-1-4-8-12)23-16(24)13-9-5-2-6-10-13/h1-10,14-15H,11H2,(H,23,24)(H,25,26). The van der Waals surface area contributed by atoms with Crippen LogP contribution in [0.5, 0.6) is 0 Å². The van der Waals surface area contributed by atoms with Crippen LogP contribution in [-0.2, 0) is 14.3 Å². The number of hydrogen-bond acceptors (Lipinski definition) is 5. The van der Waals surface area contributed by atoms with Crippen molar-refractivity contribution in [3.05, 3.63) is 71.8 Å². The number of alkyl halides is 3. The Morgan fingerprint density at radius 3 is 2.03 bits per heavy atom. The number of carboxylic acid groups (broad SMARTS) is 1. The van der Waals surface area contributed by atoms with Gasteiger partial charge in [-0.2, -0.15) is 0 Å². The van der Waals surface area contributed by atoms with Crippen molar-refractivity contribution < 1.29 is 29.0 Å². The van der Waals surface area contributed by atoms with Crippen LogP contribution >= 0.6 is 34.8 Å². The van der Waals surface area contributed by atoms with E-state index in [1.54, 1.807) is 60.7 Å². The Bertz CT molecular complexity index is 842. The molecule has 2 unspecified atom stereocenters. The van der Waals surface area contributed by atoms with Crippen LogP contribution in [-0.4, -0.2) is 39.6 Å². The van der Waals surface area contributed by atoms with E-state index in [4.69, 9.17) is 39.5 Å². The van der Waals surface area contributed by atoms with E-state index < -0.39 is 40.6 Å². The van der Waals surface area contributed by atoms with Crippen LogP contribution in [0.1, 0.15) is 22.0 Å². The molecule has 0 aliphatic rings. The van der Waals surface area contributed by atoms with Crippen LogP contribution in [0.15, 0.2) is 60.7 Å². The van der Waals surface area contributed by atoms with Gasteiger partial charge >= 0.3 is 12.1 Å². The van der Waals surface area contributed by atoms with Crippen molar-refractivity contribution in [2.24, 2.45) is 0 Å². The molecule has 2 N–H and O–H groups in total. The SMILES string of the molecule is O=C(OCC(Cl)(Cl)Cl)OC(C(=O)O)C(NC(=O)c1ccccc1)c1ccccc1. The molecule has 7 nitrogen and oxygen atoms in total. The minimum Gasteiger partial charge on any atom is -0.478 e. The lowest BCUT2D eigenvalue weighted by atomic mass is 10.0. The third kappa shape index (κ3) is 7.45. The van der Waals surface area contributed by atoms with Crippen LogP contribution in [0.2, 0.25) is 0 Å². The zero-order valence-electron chi connectivity index (χ0n) is 14.8. The van der Waals surface area contributed by atoms with Crippen LogP contribution < -0.4 is 5.32 Å². The van der Waals surface area contributed by atoms with Crippen molar-refractivity contribution in [1.82, 2.24) is 5.32 Å². The summed E-state index contributed by atoms with van der Waals surface area (Å²) in [7, 11) is 0. The van der Waals surface area contributed by atoms with Crippen molar-refractivity contribution in [2.45, 2.75) is 15.9 Å². The first-order valence-corrected chi connectivity index (χ1v) is 9.34. The lowest BCUT2D eigenvalue weighted by Crippen LogP contribution is -2.43. The second-order valence-corrected chi connectivity index (χ2v) is 8.27. The summed E-state index contributed by atoms with van der Waals surface area (Å²) in [6.07, 6.45) is -3.16. The summed E-state index contributed by atoms with van der Waals surface area (Å²) in [5.41, 5.74) is 0.703. The summed E-state index contributed by atoms with van der Waals surface area (Å²) >= 11 is 16.5. The minimum atomic E-state index is -1.89. The maximum absolute atomic E-state index is 12.6. The fraction of sp³-hybridized carbons (Fsp3) is 0.211. The van der Waals surface area contributed by atoms with Crippen LogP contribution in [0.3, 0.4) is 0 Å². The molecule has 1 amide bonds. The van der Waals surface area contributed by atoms with Gasteiger partial charge in [-0.05, 0) is 17.7 Å². The van der Waals surface area contributed by atoms with Crippen molar-refractivity contribution in [1.29, 1.82) is 0 Å². The topological polar surface area (TPSA) is 102 Å². The lowest BCUT2D eigenvalue weighted by Gasteiger charge is -2.25. The number of carbonyl (C=O) groups is 3. The molecule has 0 saturated heterocycles. The number of ether oxygens (including phenoxy) is 2. The van der Waals surface area contributed by atoms with Gasteiger partial charge in [0, 0.05) is 5.56 Å². The summed E-state index contributed by atoms with van der Waals surface area (Å²) in [6, 6.07) is 15.1. The zero-order chi connectivity index (χ0) is 21.4. The van der Waals surface area contributed by atoms with Gasteiger partial charge in [-0.25, -0.2) is 9.59 Å². The third-order valence-corrected chi connectivity index (χ3v) is 3.93. The third-order valence-electron chi connectivity index (χ3n) is 3.60. The molecule has 0 aliphatic heterocycles. The number of hydrogen-bond donors (Lipinski definition) is 2. The second-order valence-electron chi connectivity index (χ2n) is 5.76. The molecule has 0 spiro atoms. The molecule has 2 atom stereocenters. The van der Waals surface area contributed by atoms with Crippen molar-refractivity contribution in [3.8, 4) is 0 Å². The Labute approximate surface area is 181 Å². The van der Waals surface area contributed by atoms with E-state index in [9.17, 15) is 19.5 Å². The zero-order valence-corrected chi connectivity index (χ0v) is 17.0. The predicted octanol–water partition coefficient (Wildman–Crippen LogP) is 4.13. The van der Waals surface area contributed by atoms with Gasteiger partial charge in [0.15, 0.2) is 0 Å². The first-order valence-electron chi connectivity index (χ1n) is 8.21. The summed E-state index contributed by atoms with van der Waals surface area (Å²) in [5, 5.41) is 12.2. The molecule has 2 aromatic rings. The Kier molecular flexibility index (Phi) is 8.13. The largest absolute Gasteiger partial charge is 0.509 e. The van der Waals surface area contributed by atoms with E-state index in [-0.39, 0.29) is 0 Å². The lowest BCUT2D eigenvalue weighted by molar-refractivity contribution is -0.150. The smallest absolute Gasteiger partial charge is 0.478 e. The monoisotopic (exact) mass is 459 g/mol. The van der Waals surface area contributed by atoms with Crippen LogP contribution in [0.4, 0.5) is 4.79 Å². The quantitative estimate of drug-likeness (QED) is 0.476. The molecular formula is C19H16Cl3NO6. The van der Waals surface area contributed by atoms with Crippen LogP contribution in [0.25, 0.3) is 0 Å². The number of carboxylic acids is 1. The number of carbonyl (C=O) groups excluding carboxylic acids is 2. The fourth-order valence-electron chi connectivity index (χ4n) is 2.35. The highest BCUT2D eigenvalue weighted by atomic mass is 35.6. The Morgan fingerprint density at radius 2 is 1.52 bits per heavy atom. The van der Waals surface area contributed by atoms with Crippen molar-refractivity contribution in [2.75, 3.05) is 6.61 Å². The molecule has 0 saturated carbocycles. The number of rotatable bonds is 7. The molecule has 0 aromatic heterocycles. The molecule has 154 valence electrons. The van der Waals surface area contributed by atoms with Gasteiger partial charge < -0.3 is 19.9 Å². The van der Waals surface area contributed by atoms with Gasteiger partial charge in [0.2, 0.25) is 9.90 Å². The van der Waals surface area contributed by atoms with Gasteiger partial charge in [-0.3, -0.25) is 4.79 Å². The van der Waals surface area contributed by atoms with Gasteiger partial charge in [-0.15, -0.1) is 0 Å². The highest BCUT2D eigenvalue weighted by Gasteiger charge is 2.36. The van der Waals surface area contributed by atoms with Gasteiger partial charge in [-0.1, -0.05) is 83.3 Å². The average Bonchev–Trinajstić information content (AvgIpc) is 2.69. The molecule has 0 heterocycles. The molecule has 0 bridgehead atoms. The number of aliphatic carboxylic acids is 1. The van der Waals surface area contributed by atoms with Gasteiger partial charge in [0.1, 0.15) is 12.6 Å². The molecule has 0 radical (unpaired) electrons. The molecule has 2 rings (SSSR count). The molecular weight excluding hydrogens is 445 g/mol. The minimum absolute atomic E-state index is 0.302. The molecule has 10 heteroatoms. The Hall–Kier alpha value is -2.48. The van der Waals surface area contributed by atoms with E-state index in [1.165, 1.54) is 0 Å². The number of amides is 1. The van der Waals surface area contributed by atoms with Gasteiger partial charge in [0.05, 0.1) is 0 Å². The second kappa shape index (κ2) is 10.3. The van der Waals surface area contributed by atoms with E-state index in [2.05, 4.69) is 10.1 Å². The van der Waals surface area contributed by atoms with E-state index >= 15 is 0 Å². The predicted molar refractivity (Wildman–Crippen MR) is 107 cm³/mol. The summed E-state index contributed by atoms with van der Waals surface area (Å²) < 4.78 is 7.65. The summed E-state index contributed by atoms with van der Waals surface area (Å²) in [6.45, 7) is -0.644. The number of benzene rings is 2. The summed E-state index contributed by atoms with van der Waals surface area (Å²) in [4.78, 5) is 36.3. The first-order chi connectivity index (χ1) is 13.7. The Balaban J connectivity index is 2.25. The fourth-order valence-corrected chi connectivity index (χ4v) is 2.51. The molecule has 0 fully saturated rings. The maximum atomic E-state index is 12.6. The first kappa shape index (κ1) is 22.8. The highest BCUT2D eigenvalue weighted by Crippen LogP contribution is 2.27. The summed E-state index contributed by atoms with van der Waals surface area (Å²) in [5.74, 6) is -2.05. The molecule has 29 heavy (non-hydrogen) atoms. The number of nitrogens with one attached hydrogen (secondary N) is 1. The van der Waals surface area contributed by atoms with E-state index in [0.29, 0.717) is 11.1 Å². The number of halogens is 3. The van der Waals surface area contributed by atoms with E-state index in [1.807, 2.05) is 0 Å². The molecule has 2 aromatic carbocycles. The van der Waals surface area contributed by atoms with E-state index in [0.717, 1.165) is 0 Å². The Morgan fingerprint density at radius 1 is 0.966 bits per heavy atom. The van der Waals surface area contributed by atoms with Gasteiger partial charge in [0.25, 0.3) is 5.91 Å².